The van der Waals surface area contributed by atoms with Crippen LogP contribution in [0.4, 0.5) is 4.79 Å². The summed E-state index contributed by atoms with van der Waals surface area (Å²) >= 11 is 6.24. The molecule has 6 heteroatoms. The van der Waals surface area contributed by atoms with Crippen molar-refractivity contribution in [1.29, 1.82) is 0 Å². The summed E-state index contributed by atoms with van der Waals surface area (Å²) in [5.41, 5.74) is 1.10. The van der Waals surface area contributed by atoms with Crippen LogP contribution in [0.1, 0.15) is 18.4 Å². The third-order valence-electron chi connectivity index (χ3n) is 4.42. The topological polar surface area (TPSA) is 50.8 Å². The van der Waals surface area contributed by atoms with Gasteiger partial charge < -0.3 is 19.7 Å². The summed E-state index contributed by atoms with van der Waals surface area (Å²) in [7, 11) is 0. The molecule has 2 saturated heterocycles. The van der Waals surface area contributed by atoms with Gasteiger partial charge in [0.25, 0.3) is 0 Å². The van der Waals surface area contributed by atoms with Gasteiger partial charge in [0.15, 0.2) is 0 Å². The monoisotopic (exact) mass is 338 g/mol. The Labute approximate surface area is 141 Å². The molecular weight excluding hydrogens is 316 g/mol. The van der Waals surface area contributed by atoms with E-state index in [1.54, 1.807) is 0 Å². The van der Waals surface area contributed by atoms with Gasteiger partial charge in [-0.3, -0.25) is 0 Å². The Hall–Kier alpha value is -1.30. The quantitative estimate of drug-likeness (QED) is 0.917. The lowest BCUT2D eigenvalue weighted by Gasteiger charge is -2.28. The molecule has 0 bridgehead atoms. The number of likely N-dealkylation sites (tertiary alicyclic amines) is 1. The number of carbonyl (C=O) groups is 1. The molecule has 2 aliphatic heterocycles. The molecular formula is C17H23ClN2O3. The van der Waals surface area contributed by atoms with Crippen LogP contribution in [0, 0.1) is 0 Å². The fraction of sp³-hybridized carbons (Fsp3) is 0.588. The Morgan fingerprint density at radius 3 is 3.00 bits per heavy atom. The fourth-order valence-electron chi connectivity index (χ4n) is 3.19. The molecule has 0 radical (unpaired) electrons. The van der Waals surface area contributed by atoms with E-state index in [1.165, 1.54) is 0 Å². The highest BCUT2D eigenvalue weighted by atomic mass is 35.5. The minimum atomic E-state index is -0.0441. The van der Waals surface area contributed by atoms with Crippen LogP contribution in [0.15, 0.2) is 24.3 Å². The third-order valence-corrected chi connectivity index (χ3v) is 4.79. The molecule has 0 saturated carbocycles. The molecule has 1 aromatic rings. The van der Waals surface area contributed by atoms with Gasteiger partial charge >= 0.3 is 6.03 Å². The summed E-state index contributed by atoms with van der Waals surface area (Å²) in [6, 6.07) is 8.03. The van der Waals surface area contributed by atoms with Crippen LogP contribution in [0.3, 0.4) is 0 Å². The largest absolute Gasteiger partial charge is 0.376 e. The smallest absolute Gasteiger partial charge is 0.317 e. The molecule has 1 aromatic carbocycles. The van der Waals surface area contributed by atoms with E-state index in [1.807, 2.05) is 29.2 Å². The van der Waals surface area contributed by atoms with Crippen molar-refractivity contribution in [1.82, 2.24) is 10.2 Å². The second kappa shape index (κ2) is 7.99. The molecule has 0 aromatic heterocycles. The van der Waals surface area contributed by atoms with E-state index in [4.69, 9.17) is 21.1 Å². The maximum absolute atomic E-state index is 12.5. The summed E-state index contributed by atoms with van der Waals surface area (Å²) in [6.07, 6.45) is 2.81. The van der Waals surface area contributed by atoms with Gasteiger partial charge in [0.05, 0.1) is 25.9 Å². The van der Waals surface area contributed by atoms with Crippen LogP contribution in [0.2, 0.25) is 5.02 Å². The Kier molecular flexibility index (Phi) is 5.75. The fourth-order valence-corrected chi connectivity index (χ4v) is 3.40. The van der Waals surface area contributed by atoms with Gasteiger partial charge in [-0.25, -0.2) is 4.79 Å². The van der Waals surface area contributed by atoms with Gasteiger partial charge in [-0.1, -0.05) is 29.8 Å². The zero-order valence-corrected chi connectivity index (χ0v) is 13.9. The molecule has 2 heterocycles. The second-order valence-electron chi connectivity index (χ2n) is 6.04. The zero-order valence-electron chi connectivity index (χ0n) is 13.2. The Balaban J connectivity index is 1.53. The molecule has 1 N–H and O–H groups in total. The summed E-state index contributed by atoms with van der Waals surface area (Å²) < 4.78 is 10.9. The Bertz CT molecular complexity index is 534. The number of urea groups is 1. The van der Waals surface area contributed by atoms with Crippen LogP contribution in [0.5, 0.6) is 0 Å². The maximum Gasteiger partial charge on any atom is 0.317 e. The first-order valence-electron chi connectivity index (χ1n) is 8.21. The first-order valence-corrected chi connectivity index (χ1v) is 8.59. The molecule has 2 aliphatic rings. The lowest BCUT2D eigenvalue weighted by molar-refractivity contribution is -0.0856. The number of ether oxygens (including phenoxy) is 2. The van der Waals surface area contributed by atoms with Crippen LogP contribution in [-0.2, 0) is 15.9 Å². The van der Waals surface area contributed by atoms with Crippen LogP contribution in [-0.4, -0.2) is 56.0 Å². The van der Waals surface area contributed by atoms with Crippen molar-refractivity contribution in [2.75, 3.05) is 32.9 Å². The van der Waals surface area contributed by atoms with Crippen molar-refractivity contribution in [2.24, 2.45) is 0 Å². The van der Waals surface area contributed by atoms with Crippen molar-refractivity contribution < 1.29 is 14.3 Å². The number of nitrogens with one attached hydrogen (secondary N) is 1. The van der Waals surface area contributed by atoms with Gasteiger partial charge in [0, 0.05) is 24.2 Å². The van der Waals surface area contributed by atoms with Crippen molar-refractivity contribution in [3.05, 3.63) is 34.9 Å². The van der Waals surface area contributed by atoms with E-state index >= 15 is 0 Å². The molecule has 2 fully saturated rings. The average Bonchev–Trinajstić information content (AvgIpc) is 3.04. The van der Waals surface area contributed by atoms with Gasteiger partial charge in [-0.05, 0) is 30.9 Å². The standard InChI is InChI=1S/C17H23ClN2O3/c18-16-6-2-1-4-13(16)10-14-5-3-7-20(14)17(21)19-11-15-12-22-8-9-23-15/h1-2,4,6,14-15H,3,5,7-12H2,(H,19,21)/t14-,15-/m1/s1. The molecule has 0 spiro atoms. The number of rotatable bonds is 4. The molecule has 2 atom stereocenters. The van der Waals surface area contributed by atoms with Crippen molar-refractivity contribution >= 4 is 17.6 Å². The molecule has 3 rings (SSSR count). The van der Waals surface area contributed by atoms with Crippen LogP contribution < -0.4 is 5.32 Å². The molecule has 126 valence electrons. The van der Waals surface area contributed by atoms with E-state index in [0.29, 0.717) is 26.4 Å². The summed E-state index contributed by atoms with van der Waals surface area (Å²) in [5, 5.41) is 3.74. The number of benzene rings is 1. The highest BCUT2D eigenvalue weighted by molar-refractivity contribution is 6.31. The Morgan fingerprint density at radius 2 is 2.22 bits per heavy atom. The first-order chi connectivity index (χ1) is 11.2. The normalized spacial score (nSPS) is 24.7. The van der Waals surface area contributed by atoms with Gasteiger partial charge in [0.1, 0.15) is 0 Å². The Morgan fingerprint density at radius 1 is 1.35 bits per heavy atom. The second-order valence-corrected chi connectivity index (χ2v) is 6.45. The SMILES string of the molecule is O=C(NC[C@@H]1COCCO1)N1CCC[C@@H]1Cc1ccccc1Cl. The minimum absolute atomic E-state index is 0.0197. The number of halogens is 1. The molecule has 2 amide bonds. The van der Waals surface area contributed by atoms with Gasteiger partial charge in [0.2, 0.25) is 0 Å². The van der Waals surface area contributed by atoms with Crippen LogP contribution >= 0.6 is 11.6 Å². The zero-order chi connectivity index (χ0) is 16.1. The summed E-state index contributed by atoms with van der Waals surface area (Å²) in [5.74, 6) is 0. The number of carbonyl (C=O) groups excluding carboxylic acids is 1. The van der Waals surface area contributed by atoms with E-state index in [-0.39, 0.29) is 18.2 Å². The van der Waals surface area contributed by atoms with Gasteiger partial charge in [-0.2, -0.15) is 0 Å². The van der Waals surface area contributed by atoms with Crippen molar-refractivity contribution in [2.45, 2.75) is 31.4 Å². The molecule has 5 nitrogen and oxygen atoms in total. The lowest BCUT2D eigenvalue weighted by Crippen LogP contribution is -2.47. The highest BCUT2D eigenvalue weighted by Crippen LogP contribution is 2.24. The van der Waals surface area contributed by atoms with Crippen molar-refractivity contribution in [3.63, 3.8) is 0 Å². The highest BCUT2D eigenvalue weighted by Gasteiger charge is 2.29. The maximum atomic E-state index is 12.5. The third kappa shape index (κ3) is 4.37. The van der Waals surface area contributed by atoms with E-state index in [0.717, 1.165) is 36.4 Å². The van der Waals surface area contributed by atoms with Crippen molar-refractivity contribution in [3.8, 4) is 0 Å². The lowest BCUT2D eigenvalue weighted by atomic mass is 10.0. The number of hydrogen-bond acceptors (Lipinski definition) is 3. The van der Waals surface area contributed by atoms with Crippen LogP contribution in [0.25, 0.3) is 0 Å². The van der Waals surface area contributed by atoms with Gasteiger partial charge in [-0.15, -0.1) is 0 Å². The summed E-state index contributed by atoms with van der Waals surface area (Å²) in [4.78, 5) is 14.4. The predicted octanol–water partition coefficient (Wildman–Crippen LogP) is 2.47. The van der Waals surface area contributed by atoms with E-state index < -0.39 is 0 Å². The molecule has 0 unspecified atom stereocenters. The molecule has 23 heavy (non-hydrogen) atoms. The summed E-state index contributed by atoms with van der Waals surface area (Å²) in [6.45, 7) is 3.07. The van der Waals surface area contributed by atoms with E-state index in [9.17, 15) is 4.79 Å². The molecule has 0 aliphatic carbocycles. The minimum Gasteiger partial charge on any atom is -0.376 e. The average molecular weight is 339 g/mol. The number of hydrogen-bond donors (Lipinski definition) is 1. The number of amides is 2. The predicted molar refractivity (Wildman–Crippen MR) is 88.8 cm³/mol. The first kappa shape index (κ1) is 16.6. The van der Waals surface area contributed by atoms with E-state index in [2.05, 4.69) is 5.32 Å². The number of nitrogens with zero attached hydrogens (tertiary/aromatic N) is 1.